The number of amides is 2. The van der Waals surface area contributed by atoms with Gasteiger partial charge in [0.25, 0.3) is 11.8 Å². The summed E-state index contributed by atoms with van der Waals surface area (Å²) in [5.41, 5.74) is -0.260. The van der Waals surface area contributed by atoms with Crippen LogP contribution >= 0.6 is 46.3 Å². The van der Waals surface area contributed by atoms with Crippen molar-refractivity contribution >= 4 is 79.9 Å². The van der Waals surface area contributed by atoms with Crippen molar-refractivity contribution in [1.29, 1.82) is 0 Å². The molecule has 0 radical (unpaired) electrons. The van der Waals surface area contributed by atoms with E-state index in [1.807, 2.05) is 36.4 Å². The lowest BCUT2D eigenvalue weighted by Gasteiger charge is -2.32. The van der Waals surface area contributed by atoms with Crippen LogP contribution in [0.25, 0.3) is 11.0 Å². The molecule has 2 aromatic heterocycles. The Labute approximate surface area is 284 Å². The third kappa shape index (κ3) is 4.60. The van der Waals surface area contributed by atoms with Crippen molar-refractivity contribution in [2.24, 2.45) is 0 Å². The predicted octanol–water partition coefficient (Wildman–Crippen LogP) is 7.83. The van der Waals surface area contributed by atoms with Crippen molar-refractivity contribution in [2.45, 2.75) is 22.2 Å². The minimum absolute atomic E-state index is 0.0220. The highest BCUT2D eigenvalue weighted by molar-refractivity contribution is 8.00. The first-order chi connectivity index (χ1) is 22.8. The molecule has 2 aliphatic rings. The Morgan fingerprint density at radius 2 is 1.70 bits per heavy atom. The van der Waals surface area contributed by atoms with E-state index in [1.54, 1.807) is 41.3 Å². The van der Waals surface area contributed by atoms with Gasteiger partial charge in [-0.05, 0) is 47.5 Å². The number of rotatable bonds is 6. The molecule has 4 heterocycles. The number of hydrogen-bond acceptors (Lipinski definition) is 8. The number of aromatic nitrogens is 2. The molecule has 4 aromatic carbocycles. The SMILES string of the molecule is O=C1c2oc3ccc(F)cc3c(=O)c2C2(C(=O)N(Cc3ccccc3)c3ccccc32)N1c1nnc(SCc2ccc(Cl)cc2Cl)s1. The summed E-state index contributed by atoms with van der Waals surface area (Å²) in [5, 5.41) is 9.69. The topological polar surface area (TPSA) is 96.6 Å². The van der Waals surface area contributed by atoms with Gasteiger partial charge in [-0.25, -0.2) is 4.39 Å². The van der Waals surface area contributed by atoms with Crippen LogP contribution in [0.15, 0.2) is 105 Å². The number of hydrogen-bond donors (Lipinski definition) is 0. The number of carbonyl (C=O) groups is 2. The maximum absolute atomic E-state index is 15.0. The van der Waals surface area contributed by atoms with Gasteiger partial charge in [-0.2, -0.15) is 0 Å². The lowest BCUT2D eigenvalue weighted by Crippen LogP contribution is -2.53. The lowest BCUT2D eigenvalue weighted by molar-refractivity contribution is -0.121. The maximum atomic E-state index is 15.0. The summed E-state index contributed by atoms with van der Waals surface area (Å²) in [4.78, 5) is 46.6. The van der Waals surface area contributed by atoms with Gasteiger partial charge < -0.3 is 9.32 Å². The van der Waals surface area contributed by atoms with Crippen LogP contribution in [0.5, 0.6) is 0 Å². The summed E-state index contributed by atoms with van der Waals surface area (Å²) in [6.45, 7) is 0.169. The molecule has 0 aliphatic carbocycles. The fourth-order valence-electron chi connectivity index (χ4n) is 6.19. The Bertz CT molecular complexity index is 2330. The molecule has 1 spiro atoms. The molecule has 2 aliphatic heterocycles. The van der Waals surface area contributed by atoms with Crippen molar-refractivity contribution in [2.75, 3.05) is 9.80 Å². The highest BCUT2D eigenvalue weighted by Crippen LogP contribution is 2.55. The van der Waals surface area contributed by atoms with Crippen LogP contribution in [-0.2, 0) is 22.6 Å². The molecule has 47 heavy (non-hydrogen) atoms. The van der Waals surface area contributed by atoms with Crippen LogP contribution in [-0.4, -0.2) is 22.0 Å². The molecule has 0 saturated carbocycles. The van der Waals surface area contributed by atoms with E-state index >= 15 is 4.79 Å². The molecule has 8 nitrogen and oxygen atoms in total. The van der Waals surface area contributed by atoms with E-state index in [9.17, 15) is 14.0 Å². The van der Waals surface area contributed by atoms with E-state index in [-0.39, 0.29) is 34.0 Å². The minimum Gasteiger partial charge on any atom is -0.450 e. The molecule has 2 amide bonds. The highest BCUT2D eigenvalue weighted by Gasteiger charge is 2.66. The zero-order valence-electron chi connectivity index (χ0n) is 23.9. The molecule has 0 saturated heterocycles. The molecule has 232 valence electrons. The van der Waals surface area contributed by atoms with Crippen LogP contribution < -0.4 is 15.2 Å². The summed E-state index contributed by atoms with van der Waals surface area (Å²) in [7, 11) is 0. The van der Waals surface area contributed by atoms with Crippen molar-refractivity contribution in [3.05, 3.63) is 145 Å². The Kier molecular flexibility index (Phi) is 7.17. The summed E-state index contributed by atoms with van der Waals surface area (Å²) in [6.07, 6.45) is 0. The molecular formula is C34H19Cl2FN4O4S2. The van der Waals surface area contributed by atoms with Crippen LogP contribution in [0.2, 0.25) is 10.0 Å². The average molecular weight is 702 g/mol. The quantitative estimate of drug-likeness (QED) is 0.129. The number of fused-ring (bicyclic) bond motifs is 5. The van der Waals surface area contributed by atoms with Gasteiger partial charge in [0.15, 0.2) is 15.3 Å². The van der Waals surface area contributed by atoms with Crippen molar-refractivity contribution in [3.63, 3.8) is 0 Å². The largest absolute Gasteiger partial charge is 0.450 e. The second-order valence-corrected chi connectivity index (χ2v) is 13.9. The van der Waals surface area contributed by atoms with Gasteiger partial charge in [0.1, 0.15) is 11.4 Å². The van der Waals surface area contributed by atoms with Gasteiger partial charge in [0.2, 0.25) is 10.9 Å². The second-order valence-electron chi connectivity index (χ2n) is 10.9. The van der Waals surface area contributed by atoms with Crippen LogP contribution in [0, 0.1) is 5.82 Å². The van der Waals surface area contributed by atoms with E-state index < -0.39 is 28.6 Å². The molecule has 1 unspecified atom stereocenters. The molecular weight excluding hydrogens is 682 g/mol. The van der Waals surface area contributed by atoms with Crippen molar-refractivity contribution in [1.82, 2.24) is 10.2 Å². The Hall–Kier alpha value is -4.55. The number of halogens is 3. The van der Waals surface area contributed by atoms with Gasteiger partial charge in [0, 0.05) is 21.4 Å². The van der Waals surface area contributed by atoms with Gasteiger partial charge in [-0.1, -0.05) is 101 Å². The predicted molar refractivity (Wildman–Crippen MR) is 180 cm³/mol. The van der Waals surface area contributed by atoms with Crippen molar-refractivity contribution < 1.29 is 18.4 Å². The minimum atomic E-state index is -1.99. The Morgan fingerprint density at radius 1 is 0.915 bits per heavy atom. The summed E-state index contributed by atoms with van der Waals surface area (Å²) < 4.78 is 21.0. The maximum Gasteiger partial charge on any atom is 0.297 e. The lowest BCUT2D eigenvalue weighted by atomic mass is 9.84. The number of thioether (sulfide) groups is 1. The first kappa shape index (κ1) is 29.8. The zero-order valence-corrected chi connectivity index (χ0v) is 27.1. The number of benzene rings is 4. The van der Waals surface area contributed by atoms with Crippen LogP contribution in [0.3, 0.4) is 0 Å². The Morgan fingerprint density at radius 3 is 2.51 bits per heavy atom. The van der Waals surface area contributed by atoms with Gasteiger partial charge >= 0.3 is 0 Å². The molecule has 8 rings (SSSR count). The number of para-hydroxylation sites is 1. The van der Waals surface area contributed by atoms with E-state index in [1.165, 1.54) is 22.7 Å². The van der Waals surface area contributed by atoms with Gasteiger partial charge in [-0.3, -0.25) is 19.3 Å². The highest BCUT2D eigenvalue weighted by atomic mass is 35.5. The monoisotopic (exact) mass is 700 g/mol. The standard InChI is InChI=1S/C34H19Cl2FN4O4S2/c35-20-11-10-19(24(36)14-20)17-46-33-39-38-32(47-33)41-30(43)29-27(28(42)22-15-21(37)12-13-26(22)45-29)34(41)23-8-4-5-9-25(23)40(31(34)44)16-18-6-2-1-3-7-18/h1-15H,16-17H2. The number of nitrogens with zero attached hydrogens (tertiary/aromatic N) is 4. The second kappa shape index (κ2) is 11.3. The number of carbonyl (C=O) groups excluding carboxylic acids is 2. The van der Waals surface area contributed by atoms with E-state index in [0.717, 1.165) is 34.6 Å². The first-order valence-corrected chi connectivity index (χ1v) is 16.8. The molecule has 6 aromatic rings. The van der Waals surface area contributed by atoms with Crippen LogP contribution in [0.1, 0.15) is 32.8 Å². The molecule has 0 bridgehead atoms. The number of anilines is 2. The molecule has 1 atom stereocenters. The average Bonchev–Trinajstić information content (AvgIpc) is 3.70. The molecule has 13 heteroatoms. The third-order valence-corrected chi connectivity index (χ3v) is 10.9. The molecule has 0 N–H and O–H groups in total. The zero-order chi connectivity index (χ0) is 32.4. The summed E-state index contributed by atoms with van der Waals surface area (Å²) >= 11 is 14.9. The first-order valence-electron chi connectivity index (χ1n) is 14.2. The smallest absolute Gasteiger partial charge is 0.297 e. The van der Waals surface area contributed by atoms with Crippen LogP contribution in [0.4, 0.5) is 15.2 Å². The normalized spacial score (nSPS) is 16.8. The van der Waals surface area contributed by atoms with E-state index in [4.69, 9.17) is 27.6 Å². The molecule has 0 fully saturated rings. The Balaban J connectivity index is 1.31. The fraction of sp³-hybridized carbons (Fsp3) is 0.0882. The van der Waals surface area contributed by atoms with Crippen molar-refractivity contribution in [3.8, 4) is 0 Å². The van der Waals surface area contributed by atoms with E-state index in [2.05, 4.69) is 10.2 Å². The summed E-state index contributed by atoms with van der Waals surface area (Å²) in [6, 6.07) is 25.1. The van der Waals surface area contributed by atoms with E-state index in [0.29, 0.717) is 31.4 Å². The van der Waals surface area contributed by atoms with Gasteiger partial charge in [-0.15, -0.1) is 10.2 Å². The third-order valence-electron chi connectivity index (χ3n) is 8.22. The van der Waals surface area contributed by atoms with Gasteiger partial charge in [0.05, 0.1) is 23.2 Å². The summed E-state index contributed by atoms with van der Waals surface area (Å²) in [5.74, 6) is -1.81. The fourth-order valence-corrected chi connectivity index (χ4v) is 8.64.